The molecule has 0 fully saturated rings. The molecule has 0 aromatic heterocycles. The fourth-order valence-electron chi connectivity index (χ4n) is 2.42. The molecule has 0 N–H and O–H groups in total. The Balaban J connectivity index is 2.09. The van der Waals surface area contributed by atoms with Gasteiger partial charge in [0.15, 0.2) is 11.6 Å². The van der Waals surface area contributed by atoms with Crippen LogP contribution in [0.1, 0.15) is 25.8 Å². The molecule has 0 radical (unpaired) electrons. The van der Waals surface area contributed by atoms with E-state index >= 15 is 0 Å². The zero-order chi connectivity index (χ0) is 13.9. The highest BCUT2D eigenvalue weighted by Crippen LogP contribution is 2.30. The second kappa shape index (κ2) is 5.35. The molecule has 0 bridgehead atoms. The lowest BCUT2D eigenvalue weighted by molar-refractivity contribution is -0.114. The Bertz CT molecular complexity index is 548. The summed E-state index contributed by atoms with van der Waals surface area (Å²) in [7, 11) is 0. The van der Waals surface area contributed by atoms with Gasteiger partial charge < -0.3 is 0 Å². The Hall–Kier alpha value is -1.96. The number of allylic oxidation sites excluding steroid dienone is 4. The molecule has 2 nitrogen and oxygen atoms in total. The van der Waals surface area contributed by atoms with Gasteiger partial charge in [-0.05, 0) is 42.0 Å². The molecule has 0 saturated carbocycles. The van der Waals surface area contributed by atoms with E-state index in [1.165, 1.54) is 23.8 Å². The molecule has 0 unspecified atom stereocenters. The van der Waals surface area contributed by atoms with Gasteiger partial charge in [-0.25, -0.2) is 0 Å². The molecule has 1 aliphatic carbocycles. The summed E-state index contributed by atoms with van der Waals surface area (Å²) >= 11 is 0. The van der Waals surface area contributed by atoms with Crippen LogP contribution < -0.4 is 0 Å². The van der Waals surface area contributed by atoms with Gasteiger partial charge in [0.05, 0.1) is 0 Å². The van der Waals surface area contributed by atoms with Gasteiger partial charge in [0.25, 0.3) is 0 Å². The molecule has 1 aliphatic rings. The minimum atomic E-state index is -0.0925. The van der Waals surface area contributed by atoms with E-state index in [0.717, 1.165) is 6.42 Å². The first-order chi connectivity index (χ1) is 8.96. The topological polar surface area (TPSA) is 34.1 Å². The number of ketones is 2. The lowest BCUT2D eigenvalue weighted by Gasteiger charge is -2.26. The average Bonchev–Trinajstić information content (AvgIpc) is 2.34. The van der Waals surface area contributed by atoms with E-state index in [4.69, 9.17) is 0 Å². The van der Waals surface area contributed by atoms with Crippen LogP contribution in [0.4, 0.5) is 0 Å². The summed E-state index contributed by atoms with van der Waals surface area (Å²) in [6.07, 6.45) is 5.68. The van der Waals surface area contributed by atoms with Crippen molar-refractivity contribution in [1.82, 2.24) is 0 Å². The number of hydrogen-bond donors (Lipinski definition) is 0. The molecular formula is C17H18O2. The lowest BCUT2D eigenvalue weighted by atomic mass is 9.78. The third-order valence-electron chi connectivity index (χ3n) is 3.23. The SMILES string of the molecule is CC(C)(CC1=CC(=O)C=CC1=O)Cc1ccccc1. The summed E-state index contributed by atoms with van der Waals surface area (Å²) in [5, 5.41) is 0. The highest BCUT2D eigenvalue weighted by Gasteiger charge is 2.24. The first-order valence-corrected chi connectivity index (χ1v) is 6.47. The lowest BCUT2D eigenvalue weighted by Crippen LogP contribution is -2.20. The van der Waals surface area contributed by atoms with Crippen LogP contribution in [0.15, 0.2) is 54.1 Å². The second-order valence-electron chi connectivity index (χ2n) is 5.77. The Morgan fingerprint density at radius 2 is 1.63 bits per heavy atom. The van der Waals surface area contributed by atoms with Gasteiger partial charge in [0.2, 0.25) is 0 Å². The van der Waals surface area contributed by atoms with Crippen LogP contribution >= 0.6 is 0 Å². The molecule has 0 amide bonds. The van der Waals surface area contributed by atoms with Crippen molar-refractivity contribution < 1.29 is 9.59 Å². The fourth-order valence-corrected chi connectivity index (χ4v) is 2.42. The van der Waals surface area contributed by atoms with Crippen molar-refractivity contribution in [2.75, 3.05) is 0 Å². The molecule has 0 saturated heterocycles. The van der Waals surface area contributed by atoms with Crippen LogP contribution in [-0.4, -0.2) is 11.6 Å². The minimum absolute atomic E-state index is 0.0410. The number of carbonyl (C=O) groups is 2. The van der Waals surface area contributed by atoms with E-state index in [2.05, 4.69) is 26.0 Å². The summed E-state index contributed by atoms with van der Waals surface area (Å²) in [5.74, 6) is -0.133. The van der Waals surface area contributed by atoms with E-state index in [9.17, 15) is 9.59 Å². The van der Waals surface area contributed by atoms with Crippen molar-refractivity contribution in [3.8, 4) is 0 Å². The third kappa shape index (κ3) is 3.75. The summed E-state index contributed by atoms with van der Waals surface area (Å²) in [5.41, 5.74) is 1.82. The molecule has 0 heterocycles. The molecule has 0 aliphatic heterocycles. The summed E-state index contributed by atoms with van der Waals surface area (Å²) in [6, 6.07) is 10.2. The average molecular weight is 254 g/mol. The van der Waals surface area contributed by atoms with Gasteiger partial charge in [-0.1, -0.05) is 44.2 Å². The highest BCUT2D eigenvalue weighted by atomic mass is 16.1. The molecule has 2 heteroatoms. The Morgan fingerprint density at radius 3 is 2.32 bits per heavy atom. The van der Waals surface area contributed by atoms with Crippen LogP contribution in [0.5, 0.6) is 0 Å². The highest BCUT2D eigenvalue weighted by molar-refractivity contribution is 6.17. The van der Waals surface area contributed by atoms with Crippen LogP contribution in [0, 0.1) is 5.41 Å². The minimum Gasteiger partial charge on any atom is -0.290 e. The summed E-state index contributed by atoms with van der Waals surface area (Å²) in [4.78, 5) is 23.1. The van der Waals surface area contributed by atoms with E-state index in [0.29, 0.717) is 12.0 Å². The molecule has 1 aromatic carbocycles. The first kappa shape index (κ1) is 13.5. The Labute approximate surface area is 113 Å². The molecule has 98 valence electrons. The van der Waals surface area contributed by atoms with Crippen LogP contribution in [0.3, 0.4) is 0 Å². The van der Waals surface area contributed by atoms with Gasteiger partial charge >= 0.3 is 0 Å². The molecule has 19 heavy (non-hydrogen) atoms. The molecule has 2 rings (SSSR count). The molecule has 0 atom stereocenters. The van der Waals surface area contributed by atoms with Crippen molar-refractivity contribution in [1.29, 1.82) is 0 Å². The van der Waals surface area contributed by atoms with Crippen LogP contribution in [0.25, 0.3) is 0 Å². The maximum absolute atomic E-state index is 11.8. The molecule has 0 spiro atoms. The van der Waals surface area contributed by atoms with Crippen molar-refractivity contribution in [2.24, 2.45) is 5.41 Å². The predicted octanol–water partition coefficient (Wildman–Crippen LogP) is 3.28. The van der Waals surface area contributed by atoms with Crippen molar-refractivity contribution in [2.45, 2.75) is 26.7 Å². The molecule has 1 aromatic rings. The first-order valence-electron chi connectivity index (χ1n) is 6.47. The predicted molar refractivity (Wildman–Crippen MR) is 75.8 cm³/mol. The maximum atomic E-state index is 11.8. The monoisotopic (exact) mass is 254 g/mol. The van der Waals surface area contributed by atoms with Gasteiger partial charge in [-0.3, -0.25) is 9.59 Å². The smallest absolute Gasteiger partial charge is 0.182 e. The van der Waals surface area contributed by atoms with E-state index in [1.807, 2.05) is 18.2 Å². The quantitative estimate of drug-likeness (QED) is 0.773. The summed E-state index contributed by atoms with van der Waals surface area (Å²) in [6.45, 7) is 4.24. The van der Waals surface area contributed by atoms with E-state index in [1.54, 1.807) is 0 Å². The zero-order valence-electron chi connectivity index (χ0n) is 11.3. The third-order valence-corrected chi connectivity index (χ3v) is 3.23. The maximum Gasteiger partial charge on any atom is 0.182 e. The standard InChI is InChI=1S/C17H18O2/c1-17(2,11-13-6-4-3-5-7-13)12-14-10-15(18)8-9-16(14)19/h3-10H,11-12H2,1-2H3. The van der Waals surface area contributed by atoms with Gasteiger partial charge in [-0.15, -0.1) is 0 Å². The normalized spacial score (nSPS) is 15.6. The number of rotatable bonds is 4. The van der Waals surface area contributed by atoms with Crippen LogP contribution in [-0.2, 0) is 16.0 Å². The van der Waals surface area contributed by atoms with E-state index in [-0.39, 0.29) is 17.0 Å². The van der Waals surface area contributed by atoms with Gasteiger partial charge in [0.1, 0.15) is 0 Å². The van der Waals surface area contributed by atoms with Crippen molar-refractivity contribution in [3.63, 3.8) is 0 Å². The van der Waals surface area contributed by atoms with Crippen molar-refractivity contribution >= 4 is 11.6 Å². The van der Waals surface area contributed by atoms with Gasteiger partial charge in [-0.2, -0.15) is 0 Å². The largest absolute Gasteiger partial charge is 0.290 e. The fraction of sp³-hybridized carbons (Fsp3) is 0.294. The van der Waals surface area contributed by atoms with Crippen LogP contribution in [0.2, 0.25) is 0 Å². The van der Waals surface area contributed by atoms with E-state index < -0.39 is 0 Å². The summed E-state index contributed by atoms with van der Waals surface area (Å²) < 4.78 is 0. The number of carbonyl (C=O) groups excluding carboxylic acids is 2. The second-order valence-corrected chi connectivity index (χ2v) is 5.77. The number of benzene rings is 1. The Kier molecular flexibility index (Phi) is 3.79. The Morgan fingerprint density at radius 1 is 0.947 bits per heavy atom. The molecular weight excluding hydrogens is 236 g/mol. The number of hydrogen-bond acceptors (Lipinski definition) is 2. The van der Waals surface area contributed by atoms with Gasteiger partial charge in [0, 0.05) is 5.57 Å². The zero-order valence-corrected chi connectivity index (χ0v) is 11.3. The van der Waals surface area contributed by atoms with Crippen molar-refractivity contribution in [3.05, 3.63) is 59.7 Å².